The molecule has 0 aromatic heterocycles. The van der Waals surface area contributed by atoms with Crippen LogP contribution in [0.2, 0.25) is 0 Å². The molecule has 88 valence electrons. The van der Waals surface area contributed by atoms with Crippen molar-refractivity contribution < 1.29 is 17.9 Å². The normalized spacial score (nSPS) is 23.9. The Labute approximate surface area is 90.9 Å². The van der Waals surface area contributed by atoms with Crippen molar-refractivity contribution in [2.24, 2.45) is 0 Å². The van der Waals surface area contributed by atoms with Gasteiger partial charge in [-0.25, -0.2) is 8.42 Å². The van der Waals surface area contributed by atoms with Gasteiger partial charge in [0.15, 0.2) is 9.84 Å². The molecule has 15 heavy (non-hydrogen) atoms. The molecule has 0 bridgehead atoms. The van der Waals surface area contributed by atoms with Crippen LogP contribution in [0.15, 0.2) is 0 Å². The molecule has 0 aromatic carbocycles. The molecule has 0 N–H and O–H groups in total. The van der Waals surface area contributed by atoms with E-state index in [2.05, 4.69) is 6.92 Å². The van der Waals surface area contributed by atoms with Crippen molar-refractivity contribution in [2.75, 3.05) is 11.5 Å². The van der Waals surface area contributed by atoms with Crippen LogP contribution in [-0.2, 0) is 19.4 Å². The maximum Gasteiger partial charge on any atom is 0.306 e. The number of carbonyl (C=O) groups excluding carboxylic acids is 1. The van der Waals surface area contributed by atoms with Crippen LogP contribution in [0.3, 0.4) is 0 Å². The lowest BCUT2D eigenvalue weighted by Crippen LogP contribution is -2.19. The van der Waals surface area contributed by atoms with E-state index in [4.69, 9.17) is 4.74 Å². The first-order valence-corrected chi connectivity index (χ1v) is 7.25. The average Bonchev–Trinajstić information content (AvgIpc) is 2.46. The minimum absolute atomic E-state index is 0.00647. The largest absolute Gasteiger partial charge is 0.461 e. The van der Waals surface area contributed by atoms with Gasteiger partial charge in [0.25, 0.3) is 0 Å². The maximum absolute atomic E-state index is 11.3. The van der Waals surface area contributed by atoms with E-state index in [-0.39, 0.29) is 17.5 Å². The molecule has 1 aliphatic heterocycles. The van der Waals surface area contributed by atoms with Crippen LogP contribution in [0.25, 0.3) is 0 Å². The molecular weight excluding hydrogens is 216 g/mol. The van der Waals surface area contributed by atoms with E-state index in [0.717, 1.165) is 19.3 Å². The van der Waals surface area contributed by atoms with Gasteiger partial charge in [0.1, 0.15) is 6.10 Å². The third-order valence-corrected chi connectivity index (χ3v) is 4.21. The van der Waals surface area contributed by atoms with Gasteiger partial charge < -0.3 is 4.74 Å². The lowest BCUT2D eigenvalue weighted by atomic mass is 10.2. The number of carbonyl (C=O) groups is 1. The van der Waals surface area contributed by atoms with Crippen molar-refractivity contribution >= 4 is 15.8 Å². The summed E-state index contributed by atoms with van der Waals surface area (Å²) in [7, 11) is -2.94. The number of sulfone groups is 1. The summed E-state index contributed by atoms with van der Waals surface area (Å²) in [6.45, 7) is 2.06. The summed E-state index contributed by atoms with van der Waals surface area (Å²) in [6.07, 6.45) is 3.37. The predicted molar refractivity (Wildman–Crippen MR) is 57.3 cm³/mol. The Morgan fingerprint density at radius 3 is 2.67 bits per heavy atom. The van der Waals surface area contributed by atoms with E-state index in [0.29, 0.717) is 12.8 Å². The predicted octanol–water partition coefficient (Wildman–Crippen LogP) is 1.30. The first-order chi connectivity index (χ1) is 7.03. The fraction of sp³-hybridized carbons (Fsp3) is 0.900. The Balaban J connectivity index is 2.22. The number of hydrogen-bond acceptors (Lipinski definition) is 4. The molecule has 1 saturated heterocycles. The second kappa shape index (κ2) is 5.49. The molecule has 1 fully saturated rings. The molecule has 1 heterocycles. The molecular formula is C10H18O4S. The summed E-state index contributed by atoms with van der Waals surface area (Å²) in [5.74, 6) is -0.0996. The van der Waals surface area contributed by atoms with Crippen LogP contribution < -0.4 is 0 Å². The Bertz CT molecular complexity index is 307. The third-order valence-electron chi connectivity index (χ3n) is 2.47. The summed E-state index contributed by atoms with van der Waals surface area (Å²) in [5.41, 5.74) is 0. The Kier molecular flexibility index (Phi) is 4.57. The first-order valence-electron chi connectivity index (χ1n) is 5.43. The number of unbranched alkanes of at least 4 members (excludes halogenated alkanes) is 2. The standard InChI is InChI=1S/C10H18O4S/c1-2-3-4-5-10(11)14-9-6-7-15(12,13)8-9/h9H,2-8H2,1H3/t9-/m0/s1. The first kappa shape index (κ1) is 12.5. The monoisotopic (exact) mass is 234 g/mol. The van der Waals surface area contributed by atoms with Gasteiger partial charge in [0.2, 0.25) is 0 Å². The molecule has 1 rings (SSSR count). The maximum atomic E-state index is 11.3. The van der Waals surface area contributed by atoms with E-state index in [1.807, 2.05) is 0 Å². The van der Waals surface area contributed by atoms with Crippen molar-refractivity contribution in [3.63, 3.8) is 0 Å². The second-order valence-corrected chi connectivity index (χ2v) is 6.20. The average molecular weight is 234 g/mol. The Morgan fingerprint density at radius 2 is 2.13 bits per heavy atom. The lowest BCUT2D eigenvalue weighted by Gasteiger charge is -2.09. The summed E-state index contributed by atoms with van der Waals surface area (Å²) >= 11 is 0. The molecule has 0 saturated carbocycles. The van der Waals surface area contributed by atoms with Crippen LogP contribution >= 0.6 is 0 Å². The second-order valence-electron chi connectivity index (χ2n) is 3.97. The lowest BCUT2D eigenvalue weighted by molar-refractivity contribution is -0.147. The van der Waals surface area contributed by atoms with Gasteiger partial charge >= 0.3 is 5.97 Å². The number of rotatable bonds is 5. The molecule has 0 unspecified atom stereocenters. The highest BCUT2D eigenvalue weighted by Crippen LogP contribution is 2.15. The number of esters is 1. The molecule has 0 aliphatic carbocycles. The van der Waals surface area contributed by atoms with E-state index in [1.165, 1.54) is 0 Å². The van der Waals surface area contributed by atoms with Gasteiger partial charge in [-0.3, -0.25) is 4.79 Å². The molecule has 4 nitrogen and oxygen atoms in total. The van der Waals surface area contributed by atoms with E-state index < -0.39 is 15.9 Å². The molecule has 0 aromatic rings. The minimum Gasteiger partial charge on any atom is -0.461 e. The van der Waals surface area contributed by atoms with Crippen LogP contribution in [-0.4, -0.2) is 32.0 Å². The zero-order chi connectivity index (χ0) is 11.3. The fourth-order valence-electron chi connectivity index (χ4n) is 1.62. The van der Waals surface area contributed by atoms with Gasteiger partial charge in [-0.1, -0.05) is 19.8 Å². The summed E-state index contributed by atoms with van der Waals surface area (Å²) in [6, 6.07) is 0. The third kappa shape index (κ3) is 4.64. The molecule has 0 amide bonds. The highest BCUT2D eigenvalue weighted by Gasteiger charge is 2.30. The van der Waals surface area contributed by atoms with Crippen LogP contribution in [0, 0.1) is 0 Å². The SMILES string of the molecule is CCCCCC(=O)O[C@H]1CCS(=O)(=O)C1. The van der Waals surface area contributed by atoms with Crippen LogP contribution in [0.4, 0.5) is 0 Å². The van der Waals surface area contributed by atoms with Crippen LogP contribution in [0.1, 0.15) is 39.0 Å². The zero-order valence-corrected chi connectivity index (χ0v) is 9.88. The van der Waals surface area contributed by atoms with Crippen molar-refractivity contribution in [1.29, 1.82) is 0 Å². The molecule has 0 spiro atoms. The van der Waals surface area contributed by atoms with E-state index in [1.54, 1.807) is 0 Å². The number of ether oxygens (including phenoxy) is 1. The van der Waals surface area contributed by atoms with Crippen molar-refractivity contribution in [2.45, 2.75) is 45.1 Å². The Hall–Kier alpha value is -0.580. The number of hydrogen-bond donors (Lipinski definition) is 0. The van der Waals surface area contributed by atoms with Gasteiger partial charge in [-0.2, -0.15) is 0 Å². The van der Waals surface area contributed by atoms with Crippen molar-refractivity contribution in [3.8, 4) is 0 Å². The summed E-state index contributed by atoms with van der Waals surface area (Å²) < 4.78 is 27.3. The zero-order valence-electron chi connectivity index (χ0n) is 9.07. The van der Waals surface area contributed by atoms with Gasteiger partial charge in [0.05, 0.1) is 11.5 Å². The van der Waals surface area contributed by atoms with Gasteiger partial charge in [-0.15, -0.1) is 0 Å². The molecule has 1 aliphatic rings. The fourth-order valence-corrected chi connectivity index (χ4v) is 3.21. The van der Waals surface area contributed by atoms with Crippen molar-refractivity contribution in [1.82, 2.24) is 0 Å². The van der Waals surface area contributed by atoms with Crippen molar-refractivity contribution in [3.05, 3.63) is 0 Å². The summed E-state index contributed by atoms with van der Waals surface area (Å²) in [5, 5.41) is 0. The van der Waals surface area contributed by atoms with Crippen LogP contribution in [0.5, 0.6) is 0 Å². The highest BCUT2D eigenvalue weighted by atomic mass is 32.2. The highest BCUT2D eigenvalue weighted by molar-refractivity contribution is 7.91. The van der Waals surface area contributed by atoms with E-state index in [9.17, 15) is 13.2 Å². The summed E-state index contributed by atoms with van der Waals surface area (Å²) in [4.78, 5) is 11.3. The molecule has 0 radical (unpaired) electrons. The smallest absolute Gasteiger partial charge is 0.306 e. The van der Waals surface area contributed by atoms with Gasteiger partial charge in [0, 0.05) is 6.42 Å². The minimum atomic E-state index is -2.94. The van der Waals surface area contributed by atoms with Gasteiger partial charge in [-0.05, 0) is 12.8 Å². The Morgan fingerprint density at radius 1 is 1.40 bits per heavy atom. The van der Waals surface area contributed by atoms with E-state index >= 15 is 0 Å². The molecule has 1 atom stereocenters. The topological polar surface area (TPSA) is 60.4 Å². The quantitative estimate of drug-likeness (QED) is 0.531. The molecule has 5 heteroatoms.